The van der Waals surface area contributed by atoms with Gasteiger partial charge in [-0.3, -0.25) is 0 Å². The van der Waals surface area contributed by atoms with E-state index < -0.39 is 5.54 Å². The lowest BCUT2D eigenvalue weighted by atomic mass is 9.77. The van der Waals surface area contributed by atoms with E-state index in [0.29, 0.717) is 5.82 Å². The van der Waals surface area contributed by atoms with Gasteiger partial charge in [0.25, 0.3) is 0 Å². The molecule has 8 heteroatoms. The fourth-order valence-electron chi connectivity index (χ4n) is 7.06. The number of hydrogen-bond acceptors (Lipinski definition) is 7. The zero-order valence-corrected chi connectivity index (χ0v) is 29.2. The fourth-order valence-corrected chi connectivity index (χ4v) is 7.79. The van der Waals surface area contributed by atoms with Crippen molar-refractivity contribution >= 4 is 27.4 Å². The van der Waals surface area contributed by atoms with E-state index in [0.717, 1.165) is 75.3 Å². The molecule has 0 radical (unpaired) electrons. The summed E-state index contributed by atoms with van der Waals surface area (Å²) in [5.74, 6) is 1.68. The summed E-state index contributed by atoms with van der Waals surface area (Å²) in [7, 11) is 0. The second-order valence-corrected chi connectivity index (χ2v) is 13.5. The molecule has 0 saturated carbocycles. The lowest BCUT2D eigenvalue weighted by Crippen LogP contribution is -2.39. The summed E-state index contributed by atoms with van der Waals surface area (Å²) in [6.07, 6.45) is 3.89. The molecule has 51 heavy (non-hydrogen) atoms. The topological polar surface area (TPSA) is 72.6 Å². The first-order chi connectivity index (χ1) is 25.3. The van der Waals surface area contributed by atoms with Gasteiger partial charge in [-0.15, -0.1) is 16.4 Å². The van der Waals surface area contributed by atoms with Crippen LogP contribution < -0.4 is 4.90 Å². The van der Waals surface area contributed by atoms with Crippen molar-refractivity contribution in [1.82, 2.24) is 30.2 Å². The van der Waals surface area contributed by atoms with Gasteiger partial charge in [0.05, 0.1) is 5.39 Å². The van der Waals surface area contributed by atoms with Gasteiger partial charge < -0.3 is 4.90 Å². The van der Waals surface area contributed by atoms with Gasteiger partial charge in [-0.2, -0.15) is 0 Å². The molecular formula is C43H37N7S. The van der Waals surface area contributed by atoms with Gasteiger partial charge in [0, 0.05) is 18.7 Å². The van der Waals surface area contributed by atoms with Gasteiger partial charge in [-0.05, 0) is 61.7 Å². The Morgan fingerprint density at radius 2 is 1.27 bits per heavy atom. The van der Waals surface area contributed by atoms with Crippen LogP contribution in [0.15, 0.2) is 157 Å². The first kappa shape index (κ1) is 32.2. The first-order valence-corrected chi connectivity index (χ1v) is 18.2. The molecule has 0 amide bonds. The molecule has 0 aliphatic carbocycles. The smallest absolute Gasteiger partial charge is 0.184 e. The van der Waals surface area contributed by atoms with E-state index in [1.54, 1.807) is 17.7 Å². The quantitative estimate of drug-likeness (QED) is 0.119. The van der Waals surface area contributed by atoms with E-state index in [1.807, 2.05) is 22.9 Å². The van der Waals surface area contributed by atoms with Gasteiger partial charge in [0.2, 0.25) is 0 Å². The van der Waals surface area contributed by atoms with E-state index >= 15 is 0 Å². The maximum Gasteiger partial charge on any atom is 0.184 e. The highest BCUT2D eigenvalue weighted by molar-refractivity contribution is 7.16. The maximum atomic E-state index is 4.79. The van der Waals surface area contributed by atoms with E-state index in [4.69, 9.17) is 15.3 Å². The van der Waals surface area contributed by atoms with E-state index in [9.17, 15) is 0 Å². The SMILES string of the molecule is CCCCN(Cc1ccc(-c2ccccc2-c2nnnn2C(c2ccccc2)(c2ccccc2)c2ccccc2)cc1)c1ncnc2sccc12. The van der Waals surface area contributed by atoms with Gasteiger partial charge in [0.15, 0.2) is 5.82 Å². The van der Waals surface area contributed by atoms with E-state index in [-0.39, 0.29) is 0 Å². The summed E-state index contributed by atoms with van der Waals surface area (Å²) in [5.41, 5.74) is 6.67. The zero-order chi connectivity index (χ0) is 34.5. The number of fused-ring (bicyclic) bond motifs is 1. The Bertz CT molecular complexity index is 2240. The number of benzene rings is 5. The number of rotatable bonds is 12. The van der Waals surface area contributed by atoms with Crippen molar-refractivity contribution in [3.63, 3.8) is 0 Å². The summed E-state index contributed by atoms with van der Waals surface area (Å²) in [5, 5.41) is 17.1. The lowest BCUT2D eigenvalue weighted by Gasteiger charge is -2.36. The molecule has 3 heterocycles. The molecule has 0 N–H and O–H groups in total. The van der Waals surface area contributed by atoms with Gasteiger partial charge in [-0.25, -0.2) is 14.6 Å². The Kier molecular flexibility index (Phi) is 9.14. The van der Waals surface area contributed by atoms with Crippen LogP contribution in [-0.2, 0) is 12.1 Å². The Labute approximate surface area is 301 Å². The minimum Gasteiger partial charge on any atom is -0.352 e. The number of hydrogen-bond donors (Lipinski definition) is 0. The van der Waals surface area contributed by atoms with Gasteiger partial charge in [-0.1, -0.05) is 153 Å². The Hall–Kier alpha value is -5.99. The highest BCUT2D eigenvalue weighted by Crippen LogP contribution is 2.43. The van der Waals surface area contributed by atoms with Crippen molar-refractivity contribution < 1.29 is 0 Å². The minimum absolute atomic E-state index is 0.681. The fraction of sp³-hybridized carbons (Fsp3) is 0.140. The summed E-state index contributed by atoms with van der Waals surface area (Å²) in [4.78, 5) is 12.6. The molecule has 7 nitrogen and oxygen atoms in total. The molecule has 0 saturated heterocycles. The normalized spacial score (nSPS) is 11.5. The number of nitrogens with zero attached hydrogens (tertiary/aromatic N) is 7. The average Bonchev–Trinajstić information content (AvgIpc) is 3.90. The summed E-state index contributed by atoms with van der Waals surface area (Å²) in [6.45, 7) is 3.91. The molecule has 8 aromatic rings. The molecule has 250 valence electrons. The number of unbranched alkanes of at least 4 members (excludes halogenated alkanes) is 1. The minimum atomic E-state index is -0.837. The molecule has 0 aliphatic heterocycles. The molecule has 0 bridgehead atoms. The van der Waals surface area contributed by atoms with E-state index in [1.165, 1.54) is 5.56 Å². The predicted octanol–water partition coefficient (Wildman–Crippen LogP) is 9.66. The summed E-state index contributed by atoms with van der Waals surface area (Å²) < 4.78 is 2.00. The summed E-state index contributed by atoms with van der Waals surface area (Å²) >= 11 is 1.65. The van der Waals surface area contributed by atoms with Crippen molar-refractivity contribution in [2.45, 2.75) is 31.8 Å². The highest BCUT2D eigenvalue weighted by atomic mass is 32.1. The van der Waals surface area contributed by atoms with Crippen molar-refractivity contribution in [2.75, 3.05) is 11.4 Å². The third-order valence-electron chi connectivity index (χ3n) is 9.49. The lowest BCUT2D eigenvalue weighted by molar-refractivity contribution is 0.451. The third kappa shape index (κ3) is 6.08. The maximum absolute atomic E-state index is 4.79. The van der Waals surface area contributed by atoms with Gasteiger partial charge >= 0.3 is 0 Å². The standard InChI is InChI=1S/C43H37N7S/c1-2-3-28-49(40-39-27-29-51-42(39)45-31-44-40)30-32-23-25-33(26-24-32)37-21-13-14-22-38(37)41-46-47-48-50(41)43(34-15-7-4-8-16-34,35-17-9-5-10-18-35)36-19-11-6-12-20-36/h4-27,29,31H,2-3,28,30H2,1H3. The van der Waals surface area contributed by atoms with Crippen molar-refractivity contribution in [3.05, 3.63) is 180 Å². The molecule has 0 spiro atoms. The average molecular weight is 684 g/mol. The van der Waals surface area contributed by atoms with Crippen molar-refractivity contribution in [1.29, 1.82) is 0 Å². The molecule has 0 fully saturated rings. The first-order valence-electron chi connectivity index (χ1n) is 17.3. The molecular weight excluding hydrogens is 647 g/mol. The second-order valence-electron chi connectivity index (χ2n) is 12.6. The number of thiophene rings is 1. The van der Waals surface area contributed by atoms with Crippen LogP contribution in [0.2, 0.25) is 0 Å². The van der Waals surface area contributed by atoms with Crippen LogP contribution in [0.3, 0.4) is 0 Å². The van der Waals surface area contributed by atoms with Crippen LogP contribution in [0.25, 0.3) is 32.7 Å². The Balaban J connectivity index is 1.21. The molecule has 8 rings (SSSR count). The van der Waals surface area contributed by atoms with Crippen molar-refractivity contribution in [2.24, 2.45) is 0 Å². The Morgan fingerprint density at radius 3 is 1.90 bits per heavy atom. The number of tetrazole rings is 1. The van der Waals surface area contributed by atoms with Gasteiger partial charge in [0.1, 0.15) is 22.5 Å². The van der Waals surface area contributed by atoms with Crippen LogP contribution in [0, 0.1) is 0 Å². The molecule has 3 aromatic heterocycles. The highest BCUT2D eigenvalue weighted by Gasteiger charge is 2.42. The largest absolute Gasteiger partial charge is 0.352 e. The van der Waals surface area contributed by atoms with Crippen LogP contribution >= 0.6 is 11.3 Å². The number of aromatic nitrogens is 6. The van der Waals surface area contributed by atoms with Crippen LogP contribution in [-0.4, -0.2) is 36.7 Å². The number of anilines is 1. The molecule has 0 aliphatic rings. The molecule has 5 aromatic carbocycles. The zero-order valence-electron chi connectivity index (χ0n) is 28.4. The molecule has 0 atom stereocenters. The molecule has 0 unspecified atom stereocenters. The Morgan fingerprint density at radius 1 is 0.667 bits per heavy atom. The second kappa shape index (κ2) is 14.5. The van der Waals surface area contributed by atoms with E-state index in [2.05, 4.69) is 155 Å². The predicted molar refractivity (Wildman–Crippen MR) is 207 cm³/mol. The third-order valence-corrected chi connectivity index (χ3v) is 10.3. The van der Waals surface area contributed by atoms with Crippen molar-refractivity contribution in [3.8, 4) is 22.5 Å². The van der Waals surface area contributed by atoms with Crippen LogP contribution in [0.4, 0.5) is 5.82 Å². The van der Waals surface area contributed by atoms with Crippen LogP contribution in [0.5, 0.6) is 0 Å². The van der Waals surface area contributed by atoms with Crippen LogP contribution in [0.1, 0.15) is 42.0 Å². The summed E-state index contributed by atoms with van der Waals surface area (Å²) in [6, 6.07) is 50.9. The monoisotopic (exact) mass is 683 g/mol.